The highest BCUT2D eigenvalue weighted by molar-refractivity contribution is 7.88. The fourth-order valence-corrected chi connectivity index (χ4v) is 4.52. The first kappa shape index (κ1) is 23.4. The summed E-state index contributed by atoms with van der Waals surface area (Å²) in [7, 11) is -2.06. The Labute approximate surface area is 188 Å². The van der Waals surface area contributed by atoms with Crippen molar-refractivity contribution in [3.8, 4) is 11.5 Å². The summed E-state index contributed by atoms with van der Waals surface area (Å²) in [5.41, 5.74) is 0.947. The van der Waals surface area contributed by atoms with E-state index >= 15 is 0 Å². The molecular formula is C22H27ClN2O5S. The minimum atomic E-state index is -3.64. The van der Waals surface area contributed by atoms with Crippen LogP contribution in [0.25, 0.3) is 0 Å². The quantitative estimate of drug-likeness (QED) is 0.674. The molecule has 168 valence electrons. The van der Waals surface area contributed by atoms with E-state index in [0.717, 1.165) is 16.1 Å². The first-order valence-corrected chi connectivity index (χ1v) is 12.1. The van der Waals surface area contributed by atoms with Crippen LogP contribution in [0, 0.1) is 0 Å². The number of amides is 1. The lowest BCUT2D eigenvalue weighted by atomic mass is 9.89. The van der Waals surface area contributed by atoms with Crippen molar-refractivity contribution in [3.05, 3.63) is 58.6 Å². The van der Waals surface area contributed by atoms with Gasteiger partial charge in [0.1, 0.15) is 17.1 Å². The maximum Gasteiger partial charge on any atom is 0.235 e. The van der Waals surface area contributed by atoms with Crippen LogP contribution in [0.3, 0.4) is 0 Å². The van der Waals surface area contributed by atoms with Crippen LogP contribution in [0.15, 0.2) is 42.5 Å². The average molecular weight is 467 g/mol. The number of nitrogens with one attached hydrogen (secondary N) is 1. The van der Waals surface area contributed by atoms with Gasteiger partial charge in [0.05, 0.1) is 26.0 Å². The Bertz CT molecular complexity index is 1070. The molecule has 0 bridgehead atoms. The van der Waals surface area contributed by atoms with E-state index in [2.05, 4.69) is 5.32 Å². The number of ether oxygens (including phenoxy) is 2. The van der Waals surface area contributed by atoms with Crippen molar-refractivity contribution in [2.45, 2.75) is 38.5 Å². The molecule has 0 saturated carbocycles. The normalized spacial score (nSPS) is 17.5. The number of halogens is 1. The Morgan fingerprint density at radius 1 is 1.29 bits per heavy atom. The Morgan fingerprint density at radius 2 is 2.00 bits per heavy atom. The molecule has 31 heavy (non-hydrogen) atoms. The van der Waals surface area contributed by atoms with Gasteiger partial charge in [0, 0.05) is 29.6 Å². The summed E-state index contributed by atoms with van der Waals surface area (Å²) in [6.07, 6.45) is 1.62. The molecule has 7 nitrogen and oxygen atoms in total. The van der Waals surface area contributed by atoms with Crippen molar-refractivity contribution in [3.63, 3.8) is 0 Å². The molecule has 1 aliphatic rings. The maximum absolute atomic E-state index is 12.9. The Balaban J connectivity index is 1.79. The summed E-state index contributed by atoms with van der Waals surface area (Å²) in [6.45, 7) is 3.58. The highest BCUT2D eigenvalue weighted by Crippen LogP contribution is 2.41. The molecule has 1 N–H and O–H groups in total. The molecule has 2 aromatic rings. The van der Waals surface area contributed by atoms with Crippen molar-refractivity contribution in [1.29, 1.82) is 0 Å². The number of benzene rings is 2. The van der Waals surface area contributed by atoms with Crippen molar-refractivity contribution in [1.82, 2.24) is 9.62 Å². The Morgan fingerprint density at radius 3 is 2.65 bits per heavy atom. The molecule has 0 saturated heterocycles. The van der Waals surface area contributed by atoms with Gasteiger partial charge in [-0.1, -0.05) is 29.8 Å². The minimum absolute atomic E-state index is 0.0129. The zero-order chi connectivity index (χ0) is 22.8. The number of sulfonamides is 1. The second-order valence-corrected chi connectivity index (χ2v) is 10.6. The fourth-order valence-electron chi connectivity index (χ4n) is 3.59. The van der Waals surface area contributed by atoms with Gasteiger partial charge >= 0.3 is 0 Å². The maximum atomic E-state index is 12.9. The molecule has 1 atom stereocenters. The van der Waals surface area contributed by atoms with Gasteiger partial charge in [0.2, 0.25) is 15.9 Å². The Hall–Kier alpha value is -2.29. The number of fused-ring (bicyclic) bond motifs is 1. The topological polar surface area (TPSA) is 84.9 Å². The summed E-state index contributed by atoms with van der Waals surface area (Å²) < 4.78 is 37.1. The largest absolute Gasteiger partial charge is 0.497 e. The molecule has 2 aromatic carbocycles. The number of rotatable bonds is 7. The highest BCUT2D eigenvalue weighted by Gasteiger charge is 2.35. The van der Waals surface area contributed by atoms with Crippen LogP contribution < -0.4 is 14.8 Å². The summed E-state index contributed by atoms with van der Waals surface area (Å²) in [4.78, 5) is 12.9. The highest BCUT2D eigenvalue weighted by atomic mass is 35.5. The van der Waals surface area contributed by atoms with Crippen molar-refractivity contribution >= 4 is 27.5 Å². The molecule has 1 heterocycles. The summed E-state index contributed by atoms with van der Waals surface area (Å²) in [5.74, 6) is 0.892. The van der Waals surface area contributed by atoms with Crippen LogP contribution in [-0.4, -0.2) is 44.1 Å². The van der Waals surface area contributed by atoms with Crippen LogP contribution in [0.1, 0.15) is 37.4 Å². The summed E-state index contributed by atoms with van der Waals surface area (Å²) in [6, 6.07) is 12.1. The van der Waals surface area contributed by atoms with E-state index in [4.69, 9.17) is 21.1 Å². The van der Waals surface area contributed by atoms with Crippen LogP contribution in [-0.2, 0) is 21.4 Å². The zero-order valence-electron chi connectivity index (χ0n) is 18.0. The van der Waals surface area contributed by atoms with E-state index < -0.39 is 21.5 Å². The lowest BCUT2D eigenvalue weighted by Gasteiger charge is -2.38. The third-order valence-corrected chi connectivity index (χ3v) is 6.67. The molecule has 0 radical (unpaired) electrons. The van der Waals surface area contributed by atoms with Gasteiger partial charge in [-0.2, -0.15) is 4.31 Å². The van der Waals surface area contributed by atoms with Crippen LogP contribution in [0.5, 0.6) is 11.5 Å². The van der Waals surface area contributed by atoms with Gasteiger partial charge in [-0.3, -0.25) is 4.79 Å². The first-order chi connectivity index (χ1) is 14.5. The van der Waals surface area contributed by atoms with Gasteiger partial charge in [-0.15, -0.1) is 0 Å². The van der Waals surface area contributed by atoms with Crippen LogP contribution in [0.2, 0.25) is 5.02 Å². The van der Waals surface area contributed by atoms with Crippen LogP contribution in [0.4, 0.5) is 0 Å². The van der Waals surface area contributed by atoms with E-state index in [1.165, 1.54) is 0 Å². The van der Waals surface area contributed by atoms with Gasteiger partial charge in [-0.25, -0.2) is 8.42 Å². The monoisotopic (exact) mass is 466 g/mol. The van der Waals surface area contributed by atoms with Crippen molar-refractivity contribution in [2.75, 3.05) is 19.9 Å². The van der Waals surface area contributed by atoms with Crippen LogP contribution >= 0.6 is 11.6 Å². The van der Waals surface area contributed by atoms with Crippen molar-refractivity contribution in [2.24, 2.45) is 0 Å². The second-order valence-electron chi connectivity index (χ2n) is 8.21. The van der Waals surface area contributed by atoms with E-state index in [-0.39, 0.29) is 19.1 Å². The predicted octanol–water partition coefficient (Wildman–Crippen LogP) is 3.53. The molecular weight excluding hydrogens is 440 g/mol. The smallest absolute Gasteiger partial charge is 0.235 e. The van der Waals surface area contributed by atoms with Crippen molar-refractivity contribution < 1.29 is 22.7 Å². The predicted molar refractivity (Wildman–Crippen MR) is 120 cm³/mol. The molecule has 1 amide bonds. The number of methoxy groups -OCH3 is 1. The number of hydrogen-bond donors (Lipinski definition) is 1. The first-order valence-electron chi connectivity index (χ1n) is 9.83. The third kappa shape index (κ3) is 5.90. The number of carbonyl (C=O) groups excluding carboxylic acids is 1. The molecule has 0 aromatic heterocycles. The minimum Gasteiger partial charge on any atom is -0.497 e. The lowest BCUT2D eigenvalue weighted by molar-refractivity contribution is -0.122. The fraction of sp³-hybridized carbons (Fsp3) is 0.409. The standard InChI is InChI=1S/C22H27ClN2O5S/c1-22(2)12-19(17-10-9-16(29-3)11-20(17)30-22)24-21(26)14-25(31(4,27)28)13-15-7-5-6-8-18(15)23/h5-11,19H,12-14H2,1-4H3,(H,24,26). The number of hydrogen-bond acceptors (Lipinski definition) is 5. The third-order valence-electron chi connectivity index (χ3n) is 5.11. The molecule has 0 fully saturated rings. The second kappa shape index (κ2) is 9.06. The van der Waals surface area contributed by atoms with E-state index in [1.54, 1.807) is 43.5 Å². The van der Waals surface area contributed by atoms with E-state index in [0.29, 0.717) is 28.5 Å². The molecule has 0 spiro atoms. The average Bonchev–Trinajstić information content (AvgIpc) is 2.66. The molecule has 1 unspecified atom stereocenters. The molecule has 0 aliphatic carbocycles. The lowest BCUT2D eigenvalue weighted by Crippen LogP contribution is -2.45. The zero-order valence-corrected chi connectivity index (χ0v) is 19.6. The Kier molecular flexibility index (Phi) is 6.83. The van der Waals surface area contributed by atoms with Gasteiger partial charge < -0.3 is 14.8 Å². The van der Waals surface area contributed by atoms with Gasteiger partial charge in [0.15, 0.2) is 0 Å². The molecule has 3 rings (SSSR count). The molecule has 9 heteroatoms. The number of carbonyl (C=O) groups is 1. The summed E-state index contributed by atoms with van der Waals surface area (Å²) >= 11 is 6.18. The summed E-state index contributed by atoms with van der Waals surface area (Å²) in [5, 5.41) is 3.42. The number of nitrogens with zero attached hydrogens (tertiary/aromatic N) is 1. The SMILES string of the molecule is COc1ccc2c(c1)OC(C)(C)CC2NC(=O)CN(Cc1ccccc1Cl)S(C)(=O)=O. The van der Waals surface area contributed by atoms with Gasteiger partial charge in [0.25, 0.3) is 0 Å². The van der Waals surface area contributed by atoms with E-state index in [1.807, 2.05) is 19.9 Å². The van der Waals surface area contributed by atoms with E-state index in [9.17, 15) is 13.2 Å². The molecule has 1 aliphatic heterocycles. The van der Waals surface area contributed by atoms with Gasteiger partial charge in [-0.05, 0) is 37.6 Å².